The van der Waals surface area contributed by atoms with Gasteiger partial charge in [-0.3, -0.25) is 0 Å². The van der Waals surface area contributed by atoms with E-state index in [0.29, 0.717) is 0 Å². The molecule has 27 heavy (non-hydrogen) atoms. The van der Waals surface area contributed by atoms with Gasteiger partial charge in [0.15, 0.2) is 0 Å². The molecule has 0 bridgehead atoms. The zero-order valence-corrected chi connectivity index (χ0v) is 18.6. The number of hydrogen-bond acceptors (Lipinski definition) is 2. The number of benzene rings is 2. The summed E-state index contributed by atoms with van der Waals surface area (Å²) in [4.78, 5) is 0. The van der Waals surface area contributed by atoms with Crippen LogP contribution in [0.3, 0.4) is 0 Å². The molecule has 0 saturated carbocycles. The predicted molar refractivity (Wildman–Crippen MR) is 93.4 cm³/mol. The van der Waals surface area contributed by atoms with E-state index >= 15 is 0 Å². The fourth-order valence-electron chi connectivity index (χ4n) is 2.17. The first kappa shape index (κ1) is 37.3. The van der Waals surface area contributed by atoms with Crippen molar-refractivity contribution in [1.29, 1.82) is 0 Å². The van der Waals surface area contributed by atoms with Crippen LogP contribution in [0.5, 0.6) is 11.5 Å². The Labute approximate surface area is 201 Å². The molecule has 2 heterocycles. The Hall–Kier alpha value is -0.522. The monoisotopic (exact) mass is 484 g/mol. The van der Waals surface area contributed by atoms with Crippen LogP contribution in [0.25, 0.3) is 0 Å². The van der Waals surface area contributed by atoms with Gasteiger partial charge in [0, 0.05) is 33.6 Å². The van der Waals surface area contributed by atoms with Crippen LogP contribution in [0.1, 0.15) is 11.1 Å². The van der Waals surface area contributed by atoms with Crippen LogP contribution in [0.2, 0.25) is 0 Å². The molecule has 9 heteroatoms. The molecule has 0 atom stereocenters. The molecule has 142 valence electrons. The molecule has 2 aliphatic heterocycles. The first-order valence-electron chi connectivity index (χ1n) is 6.72. The van der Waals surface area contributed by atoms with Crippen LogP contribution in [0.4, 0.5) is 0 Å². The first-order chi connectivity index (χ1) is 9.93. The van der Waals surface area contributed by atoms with Crippen LogP contribution < -0.4 is 9.47 Å². The molecule has 5 nitrogen and oxygen atoms in total. The molecule has 2 aliphatic rings. The van der Waals surface area contributed by atoms with E-state index in [1.807, 2.05) is 48.6 Å². The van der Waals surface area contributed by atoms with Gasteiger partial charge in [-0.15, -0.1) is 0 Å². The van der Waals surface area contributed by atoms with Crippen molar-refractivity contribution in [2.24, 2.45) is 0 Å². The molecule has 0 aliphatic carbocycles. The van der Waals surface area contributed by atoms with Gasteiger partial charge in [0.25, 0.3) is 0 Å². The molecule has 0 aromatic heterocycles. The van der Waals surface area contributed by atoms with Gasteiger partial charge >= 0.3 is 34.7 Å². The van der Waals surface area contributed by atoms with Crippen molar-refractivity contribution >= 4 is 34.7 Å². The summed E-state index contributed by atoms with van der Waals surface area (Å²) in [6.07, 6.45) is 9.50. The summed E-state index contributed by atoms with van der Waals surface area (Å²) in [7, 11) is 0. The third kappa shape index (κ3) is 11.2. The van der Waals surface area contributed by atoms with Crippen molar-refractivity contribution in [3.05, 3.63) is 84.3 Å². The van der Waals surface area contributed by atoms with E-state index in [1.165, 1.54) is 11.1 Å². The Balaban J connectivity index is -0.0000000949. The second-order valence-electron chi connectivity index (χ2n) is 4.60. The number of fused-ring (bicyclic) bond motifs is 2. The second-order valence-corrected chi connectivity index (χ2v) is 4.60. The summed E-state index contributed by atoms with van der Waals surface area (Å²) in [5, 5.41) is 0. The Morgan fingerprint density at radius 2 is 0.889 bits per heavy atom. The van der Waals surface area contributed by atoms with E-state index in [-0.39, 0.29) is 84.7 Å². The molecule has 2 radical (unpaired) electrons. The molecule has 0 saturated heterocycles. The van der Waals surface area contributed by atoms with Gasteiger partial charge in [-0.25, -0.2) is 0 Å². The van der Waals surface area contributed by atoms with E-state index in [2.05, 4.69) is 12.1 Å². The molecular weight excluding hydrogens is 468 g/mol. The van der Waals surface area contributed by atoms with Crippen LogP contribution in [-0.2, 0) is 62.8 Å². The van der Waals surface area contributed by atoms with E-state index in [4.69, 9.17) is 9.47 Å². The summed E-state index contributed by atoms with van der Waals surface area (Å²) in [5.74, 6) is 1.98. The number of hydrogen-bond donors (Lipinski definition) is 0. The van der Waals surface area contributed by atoms with E-state index < -0.39 is 0 Å². The van der Waals surface area contributed by atoms with E-state index in [0.717, 1.165) is 24.3 Å². The van der Waals surface area contributed by atoms with Crippen molar-refractivity contribution in [2.75, 3.05) is 0 Å². The maximum atomic E-state index is 5.24. The average molecular weight is 484 g/mol. The maximum Gasteiger partial charge on any atom is 3.00 e. The smallest absolute Gasteiger partial charge is 2.00 e. The summed E-state index contributed by atoms with van der Waals surface area (Å²) in [6.45, 7) is 0. The normalized spacial score (nSPS) is 10.4. The quantitative estimate of drug-likeness (QED) is 0.537. The average Bonchev–Trinajstić information content (AvgIpc) is 2.56. The molecular formula is C18H16Al2Co2O5. The third-order valence-corrected chi connectivity index (χ3v) is 3.20. The van der Waals surface area contributed by atoms with Crippen LogP contribution in [0.15, 0.2) is 73.2 Å². The Morgan fingerprint density at radius 3 is 1.22 bits per heavy atom. The largest absolute Gasteiger partial charge is 3.00 e. The van der Waals surface area contributed by atoms with Crippen molar-refractivity contribution in [3.8, 4) is 11.5 Å². The first-order valence-corrected chi connectivity index (χ1v) is 6.72. The zero-order chi connectivity index (χ0) is 13.6. The van der Waals surface area contributed by atoms with Gasteiger partial charge in [-0.05, 0) is 48.3 Å². The molecule has 0 spiro atoms. The summed E-state index contributed by atoms with van der Waals surface area (Å²) >= 11 is 0. The molecule has 4 rings (SSSR count). The van der Waals surface area contributed by atoms with Gasteiger partial charge < -0.3 is 25.9 Å². The summed E-state index contributed by atoms with van der Waals surface area (Å²) in [5.41, 5.74) is 2.54. The van der Waals surface area contributed by atoms with Gasteiger partial charge in [-0.1, -0.05) is 36.4 Å². The van der Waals surface area contributed by atoms with E-state index in [1.54, 1.807) is 12.5 Å². The van der Waals surface area contributed by atoms with Gasteiger partial charge in [0.1, 0.15) is 11.5 Å². The van der Waals surface area contributed by atoms with Crippen LogP contribution in [-0.4, -0.2) is 34.7 Å². The molecule has 0 fully saturated rings. The van der Waals surface area contributed by atoms with Gasteiger partial charge in [0.05, 0.1) is 12.5 Å². The standard InChI is InChI=1S/2C9H8O.2Al.2Co.3O/c2*1-2-6-9-8(4-1)5-3-7-10-9;;;;;;;/h2*1-4,6-7H,5H2;;;;;;;/q;;2*+3;;;3*-2. The van der Waals surface area contributed by atoms with Crippen molar-refractivity contribution in [2.45, 2.75) is 12.8 Å². The molecule has 0 N–H and O–H groups in total. The fraction of sp³-hybridized carbons (Fsp3) is 0.111. The minimum Gasteiger partial charge on any atom is -2.00 e. The summed E-state index contributed by atoms with van der Waals surface area (Å²) in [6, 6.07) is 16.2. The Kier molecular flexibility index (Phi) is 27.9. The van der Waals surface area contributed by atoms with Crippen LogP contribution in [0, 0.1) is 0 Å². The van der Waals surface area contributed by atoms with E-state index in [9.17, 15) is 0 Å². The Bertz CT molecular complexity index is 558. The minimum atomic E-state index is 0. The van der Waals surface area contributed by atoms with Crippen molar-refractivity contribution in [1.82, 2.24) is 0 Å². The number of ether oxygens (including phenoxy) is 2. The minimum absolute atomic E-state index is 0. The third-order valence-electron chi connectivity index (χ3n) is 3.20. The van der Waals surface area contributed by atoms with Gasteiger partial charge in [-0.2, -0.15) is 0 Å². The SMILES string of the molecule is C1=COc2ccccc2C1.C1=COc2ccccc2C1.[Al+3].[Al+3].[Co].[Co].[O-2].[O-2].[O-2]. The predicted octanol–water partition coefficient (Wildman–Crippen LogP) is 3.15. The number of para-hydroxylation sites is 2. The van der Waals surface area contributed by atoms with Gasteiger partial charge in [0.2, 0.25) is 0 Å². The molecule has 2 aromatic rings. The molecule has 2 aromatic carbocycles. The fourth-order valence-corrected chi connectivity index (χ4v) is 2.17. The van der Waals surface area contributed by atoms with Crippen LogP contribution >= 0.6 is 0 Å². The Morgan fingerprint density at radius 1 is 0.556 bits per heavy atom. The van der Waals surface area contributed by atoms with Crippen molar-refractivity contribution < 1.29 is 59.5 Å². The maximum absolute atomic E-state index is 5.24. The number of rotatable bonds is 0. The topological polar surface area (TPSA) is 104 Å². The molecule has 0 amide bonds. The summed E-state index contributed by atoms with van der Waals surface area (Å²) < 4.78 is 10.5. The zero-order valence-electron chi connectivity index (χ0n) is 14.2. The number of allylic oxidation sites excluding steroid dienone is 2. The molecule has 0 unspecified atom stereocenters. The van der Waals surface area contributed by atoms with Crippen molar-refractivity contribution in [3.63, 3.8) is 0 Å². The second kappa shape index (κ2) is 20.2.